The van der Waals surface area contributed by atoms with Crippen LogP contribution in [0.25, 0.3) is 0 Å². The third kappa shape index (κ3) is 7.67. The maximum atomic E-state index is 11.9. The number of ether oxygens (including phenoxy) is 1. The van der Waals surface area contributed by atoms with Gasteiger partial charge in [-0.3, -0.25) is 9.59 Å². The number of aromatic amines is 2. The molecule has 3 N–H and O–H groups in total. The van der Waals surface area contributed by atoms with Gasteiger partial charge in [-0.25, -0.2) is 4.79 Å². The first kappa shape index (κ1) is 24.4. The van der Waals surface area contributed by atoms with Crippen molar-refractivity contribution in [3.05, 3.63) is 57.1 Å². The van der Waals surface area contributed by atoms with E-state index >= 15 is 0 Å². The van der Waals surface area contributed by atoms with E-state index in [1.54, 1.807) is 17.0 Å². The monoisotopic (exact) mass is 458 g/mol. The summed E-state index contributed by atoms with van der Waals surface area (Å²) in [4.78, 5) is 45.8. The Morgan fingerprint density at radius 1 is 0.788 bits per heavy atom. The zero-order chi connectivity index (χ0) is 23.8. The summed E-state index contributed by atoms with van der Waals surface area (Å²) in [7, 11) is 0. The molecule has 33 heavy (non-hydrogen) atoms. The number of piperazine rings is 2. The van der Waals surface area contributed by atoms with Crippen LogP contribution in [0.2, 0.25) is 0 Å². The quantitative estimate of drug-likeness (QED) is 0.620. The minimum atomic E-state index is -0.473. The van der Waals surface area contributed by atoms with Crippen molar-refractivity contribution in [2.24, 2.45) is 0 Å². The SMILES string of the molecule is CC(C)(C)OC(=O)N1CCN(c2cccc(=O)[nH]2)CC1.O=c1cccc(N2CCNCC2)[nH]1. The molecule has 2 aromatic rings. The van der Waals surface area contributed by atoms with Crippen LogP contribution in [0.3, 0.4) is 0 Å². The molecule has 2 fully saturated rings. The molecule has 2 aliphatic heterocycles. The Bertz CT molecular complexity index is 1010. The van der Waals surface area contributed by atoms with Crippen molar-refractivity contribution in [3.8, 4) is 0 Å². The van der Waals surface area contributed by atoms with Crippen molar-refractivity contribution < 1.29 is 9.53 Å². The van der Waals surface area contributed by atoms with Gasteiger partial charge in [0.1, 0.15) is 17.2 Å². The molecule has 2 aromatic heterocycles. The molecule has 1 amide bonds. The summed E-state index contributed by atoms with van der Waals surface area (Å²) >= 11 is 0. The summed E-state index contributed by atoms with van der Waals surface area (Å²) in [6, 6.07) is 10.3. The summed E-state index contributed by atoms with van der Waals surface area (Å²) in [6.45, 7) is 12.0. The third-order valence-electron chi connectivity index (χ3n) is 5.24. The van der Waals surface area contributed by atoms with Crippen LogP contribution in [0.5, 0.6) is 0 Å². The second-order valence-electron chi connectivity index (χ2n) is 8.99. The molecule has 0 radical (unpaired) electrons. The summed E-state index contributed by atoms with van der Waals surface area (Å²) in [6.07, 6.45) is -0.279. The minimum Gasteiger partial charge on any atom is -0.444 e. The molecule has 180 valence electrons. The van der Waals surface area contributed by atoms with Gasteiger partial charge in [-0.2, -0.15) is 0 Å². The summed E-state index contributed by atoms with van der Waals surface area (Å²) in [5.74, 6) is 1.72. The predicted molar refractivity (Wildman–Crippen MR) is 129 cm³/mol. The lowest BCUT2D eigenvalue weighted by Gasteiger charge is -2.36. The first-order chi connectivity index (χ1) is 15.7. The first-order valence-corrected chi connectivity index (χ1v) is 11.3. The Morgan fingerprint density at radius 2 is 1.27 bits per heavy atom. The molecule has 10 nitrogen and oxygen atoms in total. The lowest BCUT2D eigenvalue weighted by molar-refractivity contribution is 0.0240. The van der Waals surface area contributed by atoms with E-state index in [1.165, 1.54) is 12.1 Å². The van der Waals surface area contributed by atoms with Gasteiger partial charge in [0.15, 0.2) is 0 Å². The van der Waals surface area contributed by atoms with Crippen molar-refractivity contribution in [1.82, 2.24) is 20.2 Å². The molecular weight excluding hydrogens is 424 g/mol. The van der Waals surface area contributed by atoms with E-state index in [0.29, 0.717) is 26.2 Å². The van der Waals surface area contributed by atoms with E-state index in [4.69, 9.17) is 4.74 Å². The number of anilines is 2. The molecule has 10 heteroatoms. The van der Waals surface area contributed by atoms with E-state index in [1.807, 2.05) is 32.9 Å². The van der Waals surface area contributed by atoms with Gasteiger partial charge in [0, 0.05) is 64.5 Å². The van der Waals surface area contributed by atoms with E-state index in [-0.39, 0.29) is 17.2 Å². The van der Waals surface area contributed by atoms with Crippen LogP contribution >= 0.6 is 0 Å². The van der Waals surface area contributed by atoms with Crippen molar-refractivity contribution in [2.45, 2.75) is 26.4 Å². The van der Waals surface area contributed by atoms with Gasteiger partial charge in [-0.1, -0.05) is 12.1 Å². The predicted octanol–water partition coefficient (Wildman–Crippen LogP) is 1.22. The number of hydrogen-bond donors (Lipinski definition) is 3. The normalized spacial score (nSPS) is 16.6. The largest absolute Gasteiger partial charge is 0.444 e. The van der Waals surface area contributed by atoms with Crippen LogP contribution < -0.4 is 26.2 Å². The number of rotatable bonds is 2. The Labute approximate surface area is 193 Å². The zero-order valence-corrected chi connectivity index (χ0v) is 19.6. The number of hydrogen-bond acceptors (Lipinski definition) is 7. The second kappa shape index (κ2) is 11.0. The molecule has 0 atom stereocenters. The van der Waals surface area contributed by atoms with Crippen molar-refractivity contribution in [3.63, 3.8) is 0 Å². The number of amides is 1. The molecular formula is C23H34N6O4. The van der Waals surface area contributed by atoms with Gasteiger partial charge in [0.05, 0.1) is 0 Å². The topological polar surface area (TPSA) is 114 Å². The minimum absolute atomic E-state index is 0.0315. The van der Waals surface area contributed by atoms with Gasteiger partial charge in [0.25, 0.3) is 0 Å². The molecule has 0 unspecified atom stereocenters. The molecule has 4 heterocycles. The Kier molecular flexibility index (Phi) is 8.16. The van der Waals surface area contributed by atoms with Gasteiger partial charge < -0.3 is 34.7 Å². The molecule has 0 bridgehead atoms. The van der Waals surface area contributed by atoms with Gasteiger partial charge in [-0.05, 0) is 32.9 Å². The first-order valence-electron chi connectivity index (χ1n) is 11.3. The highest BCUT2D eigenvalue weighted by Gasteiger charge is 2.26. The molecule has 0 spiro atoms. The lowest BCUT2D eigenvalue weighted by Crippen LogP contribution is -2.50. The fraction of sp³-hybridized carbons (Fsp3) is 0.522. The van der Waals surface area contributed by atoms with Gasteiger partial charge in [0.2, 0.25) is 11.1 Å². The Morgan fingerprint density at radius 3 is 1.73 bits per heavy atom. The van der Waals surface area contributed by atoms with Crippen molar-refractivity contribution in [1.29, 1.82) is 0 Å². The van der Waals surface area contributed by atoms with E-state index < -0.39 is 5.60 Å². The van der Waals surface area contributed by atoms with E-state index in [0.717, 1.165) is 37.8 Å². The molecule has 2 aliphatic rings. The fourth-order valence-electron chi connectivity index (χ4n) is 3.60. The second-order valence-corrected chi connectivity index (χ2v) is 8.99. The third-order valence-corrected chi connectivity index (χ3v) is 5.24. The van der Waals surface area contributed by atoms with Crippen LogP contribution in [0.4, 0.5) is 16.4 Å². The maximum absolute atomic E-state index is 11.9. The molecule has 4 rings (SSSR count). The Hall–Kier alpha value is -3.27. The van der Waals surface area contributed by atoms with Crippen molar-refractivity contribution in [2.75, 3.05) is 62.2 Å². The van der Waals surface area contributed by atoms with Gasteiger partial charge in [-0.15, -0.1) is 0 Å². The summed E-state index contributed by atoms with van der Waals surface area (Å²) in [5, 5.41) is 3.27. The molecule has 0 aliphatic carbocycles. The highest BCUT2D eigenvalue weighted by Crippen LogP contribution is 2.15. The fourth-order valence-corrected chi connectivity index (χ4v) is 3.60. The zero-order valence-electron chi connectivity index (χ0n) is 19.6. The maximum Gasteiger partial charge on any atom is 0.410 e. The lowest BCUT2D eigenvalue weighted by atomic mass is 10.2. The number of H-pyrrole nitrogens is 2. The highest BCUT2D eigenvalue weighted by molar-refractivity contribution is 5.68. The van der Waals surface area contributed by atoms with Crippen LogP contribution in [-0.4, -0.2) is 78.9 Å². The summed E-state index contributed by atoms with van der Waals surface area (Å²) in [5.41, 5.74) is -0.619. The number of carbonyl (C=O) groups excluding carboxylic acids is 1. The van der Waals surface area contributed by atoms with Gasteiger partial charge >= 0.3 is 6.09 Å². The number of nitrogens with zero attached hydrogens (tertiary/aromatic N) is 3. The number of nitrogens with one attached hydrogen (secondary N) is 3. The Balaban J connectivity index is 0.000000203. The smallest absolute Gasteiger partial charge is 0.410 e. The molecule has 0 saturated carbocycles. The van der Waals surface area contributed by atoms with Crippen LogP contribution in [0.1, 0.15) is 20.8 Å². The van der Waals surface area contributed by atoms with Crippen LogP contribution in [0.15, 0.2) is 46.0 Å². The molecule has 2 saturated heterocycles. The van der Waals surface area contributed by atoms with E-state index in [2.05, 4.69) is 25.1 Å². The standard InChI is InChI=1S/C14H21N3O3.C9H13N3O/c1-14(2,3)20-13(19)17-9-7-16(8-10-17)11-5-4-6-12(18)15-11;13-9-3-1-2-8(11-9)12-6-4-10-5-7-12/h4-6H,7-10H2,1-3H3,(H,15,18);1-3,10H,4-7H2,(H,11,13). The average molecular weight is 459 g/mol. The number of carbonyl (C=O) groups is 1. The van der Waals surface area contributed by atoms with Crippen LogP contribution in [-0.2, 0) is 4.74 Å². The molecule has 0 aromatic carbocycles. The van der Waals surface area contributed by atoms with E-state index in [9.17, 15) is 14.4 Å². The number of aromatic nitrogens is 2. The summed E-state index contributed by atoms with van der Waals surface area (Å²) < 4.78 is 5.35. The average Bonchev–Trinajstić information content (AvgIpc) is 2.79. The van der Waals surface area contributed by atoms with Crippen LogP contribution in [0, 0.1) is 0 Å². The highest BCUT2D eigenvalue weighted by atomic mass is 16.6. The number of pyridine rings is 2. The van der Waals surface area contributed by atoms with Crippen molar-refractivity contribution >= 4 is 17.7 Å².